The van der Waals surface area contributed by atoms with Crippen molar-refractivity contribution in [3.05, 3.63) is 59.4 Å². The van der Waals surface area contributed by atoms with E-state index in [1.54, 1.807) is 7.11 Å². The molecule has 0 N–H and O–H groups in total. The van der Waals surface area contributed by atoms with Crippen molar-refractivity contribution in [2.24, 2.45) is 11.8 Å². The second-order valence-corrected chi connectivity index (χ2v) is 4.95. The van der Waals surface area contributed by atoms with Gasteiger partial charge in [-0.25, -0.2) is 0 Å². The van der Waals surface area contributed by atoms with Gasteiger partial charge in [0.15, 0.2) is 5.78 Å². The van der Waals surface area contributed by atoms with Crippen molar-refractivity contribution in [3.63, 3.8) is 0 Å². The number of ether oxygens (including phenoxy) is 1. The number of carbonyl (C=O) groups is 1. The van der Waals surface area contributed by atoms with E-state index in [-0.39, 0.29) is 5.78 Å². The molecule has 2 unspecified atom stereocenters. The molecule has 0 heterocycles. The fourth-order valence-electron chi connectivity index (χ4n) is 2.87. The lowest BCUT2D eigenvalue weighted by Crippen LogP contribution is -2.16. The van der Waals surface area contributed by atoms with Crippen molar-refractivity contribution in [2.45, 2.75) is 12.8 Å². The number of methoxy groups -OCH3 is 1. The Labute approximate surface area is 107 Å². The number of Topliss-reactive ketones (excluding diaryl/α,β-unsaturated/α-hetero) is 1. The van der Waals surface area contributed by atoms with E-state index in [0.29, 0.717) is 18.3 Å². The van der Waals surface area contributed by atoms with Crippen molar-refractivity contribution in [1.82, 2.24) is 0 Å². The van der Waals surface area contributed by atoms with Gasteiger partial charge < -0.3 is 4.74 Å². The SMILES string of the molecule is COC1=CC2Cc3ccccc3C(=O)CC2C=C1. The molecule has 18 heavy (non-hydrogen) atoms. The van der Waals surface area contributed by atoms with Crippen LogP contribution in [0.3, 0.4) is 0 Å². The third-order valence-electron chi connectivity index (χ3n) is 3.87. The van der Waals surface area contributed by atoms with Gasteiger partial charge in [-0.15, -0.1) is 0 Å². The molecule has 0 saturated heterocycles. The molecule has 0 aliphatic heterocycles. The molecule has 0 aromatic heterocycles. The summed E-state index contributed by atoms with van der Waals surface area (Å²) in [4.78, 5) is 12.2. The molecule has 3 rings (SSSR count). The lowest BCUT2D eigenvalue weighted by molar-refractivity contribution is 0.0966. The van der Waals surface area contributed by atoms with E-state index in [9.17, 15) is 4.79 Å². The number of allylic oxidation sites excluding steroid dienone is 3. The Kier molecular flexibility index (Phi) is 2.78. The van der Waals surface area contributed by atoms with Gasteiger partial charge in [0.05, 0.1) is 7.11 Å². The van der Waals surface area contributed by atoms with Gasteiger partial charge in [0.1, 0.15) is 5.76 Å². The van der Waals surface area contributed by atoms with Crippen molar-refractivity contribution in [1.29, 1.82) is 0 Å². The Morgan fingerprint density at radius 2 is 2.00 bits per heavy atom. The van der Waals surface area contributed by atoms with Crippen molar-refractivity contribution >= 4 is 5.78 Å². The van der Waals surface area contributed by atoms with Crippen LogP contribution in [0.25, 0.3) is 0 Å². The fourth-order valence-corrected chi connectivity index (χ4v) is 2.87. The number of ketones is 1. The highest BCUT2D eigenvalue weighted by Gasteiger charge is 2.29. The van der Waals surface area contributed by atoms with Crippen LogP contribution in [0, 0.1) is 11.8 Å². The van der Waals surface area contributed by atoms with Gasteiger partial charge in [-0.3, -0.25) is 4.79 Å². The van der Waals surface area contributed by atoms with E-state index in [1.807, 2.05) is 24.3 Å². The highest BCUT2D eigenvalue weighted by Crippen LogP contribution is 2.34. The summed E-state index contributed by atoms with van der Waals surface area (Å²) in [6.45, 7) is 0. The summed E-state index contributed by atoms with van der Waals surface area (Å²) in [7, 11) is 1.69. The van der Waals surface area contributed by atoms with Crippen LogP contribution < -0.4 is 0 Å². The average molecular weight is 240 g/mol. The van der Waals surface area contributed by atoms with Gasteiger partial charge >= 0.3 is 0 Å². The zero-order chi connectivity index (χ0) is 12.5. The van der Waals surface area contributed by atoms with E-state index >= 15 is 0 Å². The molecule has 2 aliphatic carbocycles. The maximum Gasteiger partial charge on any atom is 0.163 e. The number of carbonyl (C=O) groups excluding carboxylic acids is 1. The molecule has 2 nitrogen and oxygen atoms in total. The Bertz CT molecular complexity index is 540. The van der Waals surface area contributed by atoms with Crippen molar-refractivity contribution < 1.29 is 9.53 Å². The van der Waals surface area contributed by atoms with E-state index < -0.39 is 0 Å². The van der Waals surface area contributed by atoms with E-state index in [1.165, 1.54) is 0 Å². The van der Waals surface area contributed by atoms with Crippen molar-refractivity contribution in [3.8, 4) is 0 Å². The lowest BCUT2D eigenvalue weighted by Gasteiger charge is -2.22. The van der Waals surface area contributed by atoms with Gasteiger partial charge in [0.2, 0.25) is 0 Å². The van der Waals surface area contributed by atoms with Crippen LogP contribution in [-0.2, 0) is 11.2 Å². The molecule has 0 radical (unpaired) electrons. The molecule has 2 aliphatic rings. The van der Waals surface area contributed by atoms with Gasteiger partial charge in [0, 0.05) is 12.0 Å². The van der Waals surface area contributed by atoms with Gasteiger partial charge in [-0.1, -0.05) is 30.3 Å². The fraction of sp³-hybridized carbons (Fsp3) is 0.312. The smallest absolute Gasteiger partial charge is 0.163 e. The predicted octanol–water partition coefficient (Wildman–Crippen LogP) is 3.15. The first kappa shape index (κ1) is 11.3. The van der Waals surface area contributed by atoms with Gasteiger partial charge in [-0.05, 0) is 36.0 Å². The van der Waals surface area contributed by atoms with Crippen LogP contribution in [-0.4, -0.2) is 12.9 Å². The second kappa shape index (κ2) is 4.45. The molecule has 2 heteroatoms. The lowest BCUT2D eigenvalue weighted by atomic mass is 9.83. The minimum absolute atomic E-state index is 0.261. The monoisotopic (exact) mass is 240 g/mol. The summed E-state index contributed by atoms with van der Waals surface area (Å²) in [6.07, 6.45) is 7.77. The molecule has 0 spiro atoms. The van der Waals surface area contributed by atoms with Crippen LogP contribution in [0.1, 0.15) is 22.3 Å². The topological polar surface area (TPSA) is 26.3 Å². The van der Waals surface area contributed by atoms with E-state index in [2.05, 4.69) is 18.2 Å². The highest BCUT2D eigenvalue weighted by atomic mass is 16.5. The normalized spacial score (nSPS) is 25.8. The predicted molar refractivity (Wildman–Crippen MR) is 70.3 cm³/mol. The summed E-state index contributed by atoms with van der Waals surface area (Å²) in [6, 6.07) is 7.96. The first-order chi connectivity index (χ1) is 8.78. The van der Waals surface area contributed by atoms with Crippen LogP contribution in [0.15, 0.2) is 48.3 Å². The van der Waals surface area contributed by atoms with Crippen LogP contribution >= 0.6 is 0 Å². The van der Waals surface area contributed by atoms with Gasteiger partial charge in [-0.2, -0.15) is 0 Å². The molecule has 92 valence electrons. The number of hydrogen-bond donors (Lipinski definition) is 0. The number of fused-ring (bicyclic) bond motifs is 2. The minimum Gasteiger partial charge on any atom is -0.497 e. The van der Waals surface area contributed by atoms with E-state index in [4.69, 9.17) is 4.74 Å². The van der Waals surface area contributed by atoms with Gasteiger partial charge in [0.25, 0.3) is 0 Å². The summed E-state index contributed by atoms with van der Waals surface area (Å²) in [5.41, 5.74) is 2.06. The Morgan fingerprint density at radius 3 is 2.83 bits per heavy atom. The molecule has 0 bridgehead atoms. The number of benzene rings is 1. The summed E-state index contributed by atoms with van der Waals surface area (Å²) in [5.74, 6) is 1.85. The van der Waals surface area contributed by atoms with Crippen LogP contribution in [0.2, 0.25) is 0 Å². The molecule has 0 fully saturated rings. The minimum atomic E-state index is 0.261. The standard InChI is InChI=1S/C16H16O2/c1-18-14-7-6-11-10-16(17)15-5-3-2-4-12(15)8-13(11)9-14/h2-7,9,11,13H,8,10H2,1H3. The molecule has 0 saturated carbocycles. The van der Waals surface area contributed by atoms with Crippen LogP contribution in [0.5, 0.6) is 0 Å². The van der Waals surface area contributed by atoms with Crippen LogP contribution in [0.4, 0.5) is 0 Å². The first-order valence-electron chi connectivity index (χ1n) is 6.33. The molecule has 1 aromatic rings. The zero-order valence-electron chi connectivity index (χ0n) is 10.4. The van der Waals surface area contributed by atoms with E-state index in [0.717, 1.165) is 23.3 Å². The largest absolute Gasteiger partial charge is 0.497 e. The zero-order valence-corrected chi connectivity index (χ0v) is 10.4. The number of rotatable bonds is 1. The summed E-state index contributed by atoms with van der Waals surface area (Å²) < 4.78 is 5.29. The molecule has 0 amide bonds. The third-order valence-corrected chi connectivity index (χ3v) is 3.87. The Morgan fingerprint density at radius 1 is 1.17 bits per heavy atom. The second-order valence-electron chi connectivity index (χ2n) is 4.95. The van der Waals surface area contributed by atoms with Crippen molar-refractivity contribution in [2.75, 3.05) is 7.11 Å². The number of hydrogen-bond acceptors (Lipinski definition) is 2. The maximum atomic E-state index is 12.2. The Hall–Kier alpha value is -1.83. The summed E-state index contributed by atoms with van der Waals surface area (Å²) >= 11 is 0. The summed E-state index contributed by atoms with van der Waals surface area (Å²) in [5, 5.41) is 0. The molecule has 2 atom stereocenters. The molecular weight excluding hydrogens is 224 g/mol. The molecular formula is C16H16O2. The highest BCUT2D eigenvalue weighted by molar-refractivity contribution is 5.98. The molecule has 1 aromatic carbocycles. The average Bonchev–Trinajstić information content (AvgIpc) is 2.54. The Balaban J connectivity index is 1.99. The quantitative estimate of drug-likeness (QED) is 0.753. The first-order valence-corrected chi connectivity index (χ1v) is 6.33. The maximum absolute atomic E-state index is 12.2. The third kappa shape index (κ3) is 1.88.